The number of rotatable bonds is 8. The first-order valence-electron chi connectivity index (χ1n) is 7.43. The molecule has 0 spiro atoms. The Bertz CT molecular complexity index is 527. The average Bonchev–Trinajstić information content (AvgIpc) is 3.28. The molecule has 1 aliphatic rings. The third kappa shape index (κ3) is 4.18. The second-order valence-electron chi connectivity index (χ2n) is 5.33. The topological polar surface area (TPSA) is 84.3 Å². The van der Waals surface area contributed by atoms with Crippen molar-refractivity contribution in [3.63, 3.8) is 0 Å². The number of para-hydroxylation sites is 1. The summed E-state index contributed by atoms with van der Waals surface area (Å²) >= 11 is 0. The molecule has 2 N–H and O–H groups in total. The van der Waals surface area contributed by atoms with Gasteiger partial charge >= 0.3 is 0 Å². The number of amides is 1. The normalized spacial score (nSPS) is 13.8. The van der Waals surface area contributed by atoms with Gasteiger partial charge in [0.2, 0.25) is 0 Å². The third-order valence-corrected chi connectivity index (χ3v) is 3.61. The fraction of sp³-hybridized carbons (Fsp3) is 0.533. The number of hydrogen-bond acceptors (Lipinski definition) is 4. The zero-order chi connectivity index (χ0) is 15.2. The summed E-state index contributed by atoms with van der Waals surface area (Å²) in [5.41, 5.74) is 0.560. The quantitative estimate of drug-likeness (QED) is 0.438. The maximum absolute atomic E-state index is 12.2. The van der Waals surface area contributed by atoms with E-state index >= 15 is 0 Å². The predicted octanol–water partition coefficient (Wildman–Crippen LogP) is 2.95. The summed E-state index contributed by atoms with van der Waals surface area (Å²) in [6, 6.07) is 4.56. The van der Waals surface area contributed by atoms with E-state index in [9.17, 15) is 14.9 Å². The Morgan fingerprint density at radius 1 is 1.43 bits per heavy atom. The second kappa shape index (κ2) is 7.06. The van der Waals surface area contributed by atoms with Crippen LogP contribution in [-0.2, 0) is 0 Å². The number of benzene rings is 1. The Hall–Kier alpha value is -2.11. The maximum Gasteiger partial charge on any atom is 0.293 e. The van der Waals surface area contributed by atoms with Gasteiger partial charge in [-0.1, -0.05) is 18.9 Å². The van der Waals surface area contributed by atoms with Gasteiger partial charge in [-0.2, -0.15) is 0 Å². The molecule has 1 aliphatic carbocycles. The Kier molecular flexibility index (Phi) is 5.14. The summed E-state index contributed by atoms with van der Waals surface area (Å²) in [6.07, 6.45) is 4.73. The molecule has 1 aromatic rings. The van der Waals surface area contributed by atoms with Crippen molar-refractivity contribution in [1.82, 2.24) is 5.32 Å². The monoisotopic (exact) mass is 291 g/mol. The molecule has 0 radical (unpaired) electrons. The van der Waals surface area contributed by atoms with Crippen molar-refractivity contribution in [1.29, 1.82) is 0 Å². The Morgan fingerprint density at radius 2 is 2.19 bits per heavy atom. The zero-order valence-electron chi connectivity index (χ0n) is 12.2. The highest BCUT2D eigenvalue weighted by Gasteiger charge is 2.22. The number of nitrogens with one attached hydrogen (secondary N) is 2. The van der Waals surface area contributed by atoms with Gasteiger partial charge < -0.3 is 10.6 Å². The summed E-state index contributed by atoms with van der Waals surface area (Å²) in [6.45, 7) is 2.98. The zero-order valence-corrected chi connectivity index (χ0v) is 12.2. The van der Waals surface area contributed by atoms with Crippen LogP contribution >= 0.6 is 0 Å². The first-order chi connectivity index (χ1) is 10.1. The van der Waals surface area contributed by atoms with Gasteiger partial charge in [0.1, 0.15) is 5.69 Å². The van der Waals surface area contributed by atoms with Crippen molar-refractivity contribution < 1.29 is 9.72 Å². The number of nitro groups is 1. The van der Waals surface area contributed by atoms with Gasteiger partial charge in [-0.15, -0.1) is 0 Å². The molecule has 1 fully saturated rings. The van der Waals surface area contributed by atoms with E-state index in [2.05, 4.69) is 10.6 Å². The van der Waals surface area contributed by atoms with Crippen LogP contribution in [0.15, 0.2) is 18.2 Å². The molecule has 21 heavy (non-hydrogen) atoms. The highest BCUT2D eigenvalue weighted by Crippen LogP contribution is 2.33. The van der Waals surface area contributed by atoms with Crippen LogP contribution in [0.3, 0.4) is 0 Å². The molecule has 0 unspecified atom stereocenters. The number of nitro benzene ring substituents is 1. The molecular formula is C15H21N3O3. The van der Waals surface area contributed by atoms with Crippen molar-refractivity contribution in [2.75, 3.05) is 18.4 Å². The van der Waals surface area contributed by atoms with Crippen LogP contribution in [0.25, 0.3) is 0 Å². The van der Waals surface area contributed by atoms with Crippen molar-refractivity contribution >= 4 is 17.3 Å². The van der Waals surface area contributed by atoms with E-state index < -0.39 is 4.92 Å². The molecule has 1 amide bonds. The molecule has 6 heteroatoms. The largest absolute Gasteiger partial charge is 0.379 e. The van der Waals surface area contributed by atoms with Gasteiger partial charge in [0.25, 0.3) is 11.6 Å². The summed E-state index contributed by atoms with van der Waals surface area (Å²) in [4.78, 5) is 22.8. The first kappa shape index (κ1) is 15.3. The summed E-state index contributed by atoms with van der Waals surface area (Å²) in [5.74, 6) is 0.586. The molecule has 0 heterocycles. The van der Waals surface area contributed by atoms with Crippen LogP contribution < -0.4 is 10.6 Å². The van der Waals surface area contributed by atoms with Crippen LogP contribution in [0.2, 0.25) is 0 Å². The Morgan fingerprint density at radius 3 is 2.81 bits per heavy atom. The summed E-state index contributed by atoms with van der Waals surface area (Å²) in [7, 11) is 0. The smallest absolute Gasteiger partial charge is 0.293 e. The van der Waals surface area contributed by atoms with Gasteiger partial charge in [-0.25, -0.2) is 0 Å². The molecule has 1 aromatic carbocycles. The molecule has 0 saturated heterocycles. The van der Waals surface area contributed by atoms with Crippen molar-refractivity contribution in [3.8, 4) is 0 Å². The van der Waals surface area contributed by atoms with Crippen molar-refractivity contribution in [2.24, 2.45) is 5.92 Å². The van der Waals surface area contributed by atoms with Crippen LogP contribution in [-0.4, -0.2) is 23.9 Å². The third-order valence-electron chi connectivity index (χ3n) is 3.61. The van der Waals surface area contributed by atoms with Gasteiger partial charge in [0.05, 0.1) is 10.5 Å². The lowest BCUT2D eigenvalue weighted by atomic mass is 10.1. The highest BCUT2D eigenvalue weighted by molar-refractivity contribution is 6.01. The molecule has 1 saturated carbocycles. The molecule has 114 valence electrons. The predicted molar refractivity (Wildman–Crippen MR) is 81.6 cm³/mol. The number of anilines is 1. The second-order valence-corrected chi connectivity index (χ2v) is 5.33. The van der Waals surface area contributed by atoms with E-state index in [0.29, 0.717) is 24.3 Å². The van der Waals surface area contributed by atoms with E-state index in [1.807, 2.05) is 6.92 Å². The fourth-order valence-electron chi connectivity index (χ4n) is 2.34. The molecule has 0 aliphatic heterocycles. The van der Waals surface area contributed by atoms with Crippen molar-refractivity contribution in [3.05, 3.63) is 33.9 Å². The Labute approximate surface area is 124 Å². The fourth-order valence-corrected chi connectivity index (χ4v) is 2.34. The maximum atomic E-state index is 12.2. The van der Waals surface area contributed by atoms with E-state index in [1.165, 1.54) is 25.0 Å². The standard InChI is InChI=1S/C15H21N3O3/c1-2-16-14-12(6-3-7-13(14)18(20)21)15(19)17-10-4-5-11-8-9-11/h3,6-7,11,16H,2,4-5,8-10H2,1H3,(H,17,19). The molecule has 0 aromatic heterocycles. The van der Waals surface area contributed by atoms with Crippen LogP contribution in [0.1, 0.15) is 43.0 Å². The molecule has 0 atom stereocenters. The van der Waals surface area contributed by atoms with Gasteiger partial charge in [0.15, 0.2) is 0 Å². The minimum Gasteiger partial charge on any atom is -0.379 e. The van der Waals surface area contributed by atoms with E-state index in [1.54, 1.807) is 6.07 Å². The van der Waals surface area contributed by atoms with E-state index in [0.717, 1.165) is 18.8 Å². The van der Waals surface area contributed by atoms with Gasteiger partial charge in [-0.3, -0.25) is 14.9 Å². The number of carbonyl (C=O) groups excluding carboxylic acids is 1. The summed E-state index contributed by atoms with van der Waals surface area (Å²) < 4.78 is 0. The van der Waals surface area contributed by atoms with E-state index in [-0.39, 0.29) is 11.6 Å². The van der Waals surface area contributed by atoms with Gasteiger partial charge in [-0.05, 0) is 31.7 Å². The number of carbonyl (C=O) groups is 1. The van der Waals surface area contributed by atoms with Crippen molar-refractivity contribution in [2.45, 2.75) is 32.6 Å². The molecule has 2 rings (SSSR count). The number of hydrogen-bond donors (Lipinski definition) is 2. The lowest BCUT2D eigenvalue weighted by Gasteiger charge is -2.11. The first-order valence-corrected chi connectivity index (χ1v) is 7.43. The Balaban J connectivity index is 2.03. The summed E-state index contributed by atoms with van der Waals surface area (Å²) in [5, 5.41) is 16.8. The SMILES string of the molecule is CCNc1c(C(=O)NCCCC2CC2)cccc1[N+](=O)[O-]. The minimum atomic E-state index is -0.470. The number of nitrogens with zero attached hydrogens (tertiary/aromatic N) is 1. The lowest BCUT2D eigenvalue weighted by molar-refractivity contribution is -0.384. The van der Waals surface area contributed by atoms with Crippen LogP contribution in [0.4, 0.5) is 11.4 Å². The molecule has 6 nitrogen and oxygen atoms in total. The van der Waals surface area contributed by atoms with Crippen LogP contribution in [0, 0.1) is 16.0 Å². The van der Waals surface area contributed by atoms with Crippen LogP contribution in [0.5, 0.6) is 0 Å². The average molecular weight is 291 g/mol. The van der Waals surface area contributed by atoms with E-state index in [4.69, 9.17) is 0 Å². The minimum absolute atomic E-state index is 0.0671. The van der Waals surface area contributed by atoms with Gasteiger partial charge in [0, 0.05) is 19.2 Å². The highest BCUT2D eigenvalue weighted by atomic mass is 16.6. The molecule has 0 bridgehead atoms. The lowest BCUT2D eigenvalue weighted by Crippen LogP contribution is -2.25. The molecular weight excluding hydrogens is 270 g/mol.